The summed E-state index contributed by atoms with van der Waals surface area (Å²) < 4.78 is 4.57. The fraction of sp³-hybridized carbons (Fsp3) is 0.750. The van der Waals surface area contributed by atoms with Crippen LogP contribution in [-0.4, -0.2) is 26.3 Å². The molecule has 0 aromatic rings. The van der Waals surface area contributed by atoms with Crippen molar-refractivity contribution in [1.29, 1.82) is 0 Å². The predicted octanol–water partition coefficient (Wildman–Crippen LogP) is -0.913. The number of rotatable bonds is 4. The Kier molecular flexibility index (Phi) is 9.79. The lowest BCUT2D eigenvalue weighted by atomic mass is 10.6. The molecule has 0 aliphatic carbocycles. The number of primary amides is 1. The van der Waals surface area contributed by atoms with E-state index in [2.05, 4.69) is 10.1 Å². The van der Waals surface area contributed by atoms with Gasteiger partial charge in [-0.2, -0.15) is 0 Å². The van der Waals surface area contributed by atoms with Crippen LogP contribution in [0.4, 0.5) is 0 Å². The third kappa shape index (κ3) is 11.3. The highest BCUT2D eigenvalue weighted by Crippen LogP contribution is 1.57. The van der Waals surface area contributed by atoms with Crippen molar-refractivity contribution in [3.63, 3.8) is 0 Å². The summed E-state index contributed by atoms with van der Waals surface area (Å²) in [5, 5.41) is 2.64. The summed E-state index contributed by atoms with van der Waals surface area (Å²) in [7, 11) is 1.54. The van der Waals surface area contributed by atoms with Crippen LogP contribution < -0.4 is 11.1 Å². The molecule has 56 valence electrons. The number of nitrogens with one attached hydrogen (secondary N) is 1. The molecule has 0 aromatic carbocycles. The Hall–Kier alpha value is -0.320. The molecule has 3 N–H and O–H groups in total. The predicted molar refractivity (Wildman–Crippen MR) is 36.3 cm³/mol. The fourth-order valence-corrected chi connectivity index (χ4v) is 0.276. The highest BCUT2D eigenvalue weighted by Gasteiger charge is 1.88. The van der Waals surface area contributed by atoms with Gasteiger partial charge in [-0.25, -0.2) is 0 Å². The molecule has 0 aromatic heterocycles. The maximum Gasteiger partial charge on any atom is 0.231 e. The average molecular weight is 155 g/mol. The van der Waals surface area contributed by atoms with Crippen LogP contribution in [0.5, 0.6) is 0 Å². The first kappa shape index (κ1) is 11.5. The van der Waals surface area contributed by atoms with Crippen molar-refractivity contribution in [2.45, 2.75) is 0 Å². The van der Waals surface area contributed by atoms with E-state index in [1.165, 1.54) is 7.11 Å². The molecular weight excluding hydrogens is 144 g/mol. The third-order valence-electron chi connectivity index (χ3n) is 0.546. The van der Waals surface area contributed by atoms with Gasteiger partial charge in [0.1, 0.15) is 0 Å². The fourth-order valence-electron chi connectivity index (χ4n) is 0.276. The Morgan fingerprint density at radius 2 is 2.33 bits per heavy atom. The van der Waals surface area contributed by atoms with Crippen LogP contribution in [0.15, 0.2) is 0 Å². The van der Waals surface area contributed by atoms with Gasteiger partial charge in [0.05, 0.1) is 13.3 Å². The quantitative estimate of drug-likeness (QED) is 0.407. The van der Waals surface area contributed by atoms with Crippen LogP contribution in [0.1, 0.15) is 0 Å². The van der Waals surface area contributed by atoms with Gasteiger partial charge in [-0.15, -0.1) is 12.4 Å². The SMILES string of the molecule is COCNCC(N)=O.Cl. The summed E-state index contributed by atoms with van der Waals surface area (Å²) >= 11 is 0. The maximum absolute atomic E-state index is 9.98. The number of carbonyl (C=O) groups excluding carboxylic acids is 1. The Morgan fingerprint density at radius 1 is 1.78 bits per heavy atom. The lowest BCUT2D eigenvalue weighted by Crippen LogP contribution is -2.29. The minimum atomic E-state index is -0.373. The van der Waals surface area contributed by atoms with Gasteiger partial charge < -0.3 is 10.5 Å². The summed E-state index contributed by atoms with van der Waals surface area (Å²) in [6, 6.07) is 0. The Labute approximate surface area is 60.2 Å². The van der Waals surface area contributed by atoms with E-state index in [4.69, 9.17) is 5.73 Å². The smallest absolute Gasteiger partial charge is 0.231 e. The molecule has 9 heavy (non-hydrogen) atoms. The molecule has 0 saturated carbocycles. The molecule has 0 heterocycles. The maximum atomic E-state index is 9.98. The van der Waals surface area contributed by atoms with Crippen molar-refractivity contribution in [2.24, 2.45) is 5.73 Å². The van der Waals surface area contributed by atoms with E-state index < -0.39 is 0 Å². The monoisotopic (exact) mass is 154 g/mol. The Morgan fingerprint density at radius 3 is 2.67 bits per heavy atom. The molecule has 0 fully saturated rings. The van der Waals surface area contributed by atoms with E-state index in [0.717, 1.165) is 0 Å². The van der Waals surface area contributed by atoms with E-state index in [-0.39, 0.29) is 24.9 Å². The molecule has 1 amide bonds. The summed E-state index contributed by atoms with van der Waals surface area (Å²) in [5.41, 5.74) is 4.78. The van der Waals surface area contributed by atoms with Crippen LogP contribution in [0.3, 0.4) is 0 Å². The Balaban J connectivity index is 0. The van der Waals surface area contributed by atoms with Crippen molar-refractivity contribution in [1.82, 2.24) is 5.32 Å². The minimum Gasteiger partial charge on any atom is -0.370 e. The van der Waals surface area contributed by atoms with Crippen LogP contribution >= 0.6 is 12.4 Å². The second-order valence-electron chi connectivity index (χ2n) is 1.33. The molecule has 0 atom stereocenters. The van der Waals surface area contributed by atoms with Crippen molar-refractivity contribution in [2.75, 3.05) is 20.4 Å². The van der Waals surface area contributed by atoms with E-state index in [1.807, 2.05) is 0 Å². The molecule has 0 bridgehead atoms. The van der Waals surface area contributed by atoms with Crippen LogP contribution in [0.25, 0.3) is 0 Å². The second-order valence-corrected chi connectivity index (χ2v) is 1.33. The van der Waals surface area contributed by atoms with Gasteiger partial charge in [0.25, 0.3) is 0 Å². The number of carbonyl (C=O) groups is 1. The van der Waals surface area contributed by atoms with Crippen LogP contribution in [-0.2, 0) is 9.53 Å². The zero-order chi connectivity index (χ0) is 6.41. The van der Waals surface area contributed by atoms with E-state index in [0.29, 0.717) is 6.73 Å². The normalized spacial score (nSPS) is 8.11. The highest BCUT2D eigenvalue weighted by molar-refractivity contribution is 5.85. The van der Waals surface area contributed by atoms with Crippen molar-refractivity contribution in [3.05, 3.63) is 0 Å². The zero-order valence-electron chi connectivity index (χ0n) is 5.22. The molecule has 5 heteroatoms. The van der Waals surface area contributed by atoms with Gasteiger partial charge in [0.15, 0.2) is 0 Å². The second kappa shape index (κ2) is 7.68. The van der Waals surface area contributed by atoms with E-state index in [1.54, 1.807) is 0 Å². The van der Waals surface area contributed by atoms with Gasteiger partial charge in [-0.1, -0.05) is 0 Å². The first-order valence-electron chi connectivity index (χ1n) is 2.25. The lowest BCUT2D eigenvalue weighted by Gasteiger charge is -1.96. The Bertz CT molecular complexity index is 79.0. The van der Waals surface area contributed by atoms with Crippen LogP contribution in [0.2, 0.25) is 0 Å². The largest absolute Gasteiger partial charge is 0.370 e. The molecule has 0 unspecified atom stereocenters. The topological polar surface area (TPSA) is 64.3 Å². The molecular formula is C4H11ClN2O2. The number of hydrogen-bond donors (Lipinski definition) is 2. The first-order chi connectivity index (χ1) is 3.77. The van der Waals surface area contributed by atoms with Crippen molar-refractivity contribution >= 4 is 18.3 Å². The summed E-state index contributed by atoms with van der Waals surface area (Å²) in [5.74, 6) is -0.373. The standard InChI is InChI=1S/C4H10N2O2.ClH/c1-8-3-6-2-4(5)7;/h6H,2-3H2,1H3,(H2,5,7);1H. The first-order valence-corrected chi connectivity index (χ1v) is 2.25. The average Bonchev–Trinajstić information content (AvgIpc) is 1.66. The number of hydrogen-bond acceptors (Lipinski definition) is 3. The van der Waals surface area contributed by atoms with Gasteiger partial charge in [-0.3, -0.25) is 10.1 Å². The molecule has 0 radical (unpaired) electrons. The minimum absolute atomic E-state index is 0. The third-order valence-corrected chi connectivity index (χ3v) is 0.546. The van der Waals surface area contributed by atoms with Crippen molar-refractivity contribution < 1.29 is 9.53 Å². The zero-order valence-corrected chi connectivity index (χ0v) is 6.03. The highest BCUT2D eigenvalue weighted by atomic mass is 35.5. The van der Waals surface area contributed by atoms with Gasteiger partial charge in [0, 0.05) is 7.11 Å². The summed E-state index contributed by atoms with van der Waals surface area (Å²) in [4.78, 5) is 9.98. The molecule has 0 spiro atoms. The molecule has 0 rings (SSSR count). The summed E-state index contributed by atoms with van der Waals surface area (Å²) in [6.45, 7) is 0.538. The summed E-state index contributed by atoms with van der Waals surface area (Å²) in [6.07, 6.45) is 0. The number of amides is 1. The molecule has 0 aliphatic heterocycles. The lowest BCUT2D eigenvalue weighted by molar-refractivity contribution is -0.117. The number of methoxy groups -OCH3 is 1. The van der Waals surface area contributed by atoms with Crippen molar-refractivity contribution in [3.8, 4) is 0 Å². The van der Waals surface area contributed by atoms with E-state index in [9.17, 15) is 4.79 Å². The molecule has 4 nitrogen and oxygen atoms in total. The van der Waals surface area contributed by atoms with Crippen LogP contribution in [0, 0.1) is 0 Å². The number of ether oxygens (including phenoxy) is 1. The van der Waals surface area contributed by atoms with Gasteiger partial charge >= 0.3 is 0 Å². The van der Waals surface area contributed by atoms with E-state index >= 15 is 0 Å². The number of halogens is 1. The molecule has 0 aliphatic rings. The molecule has 0 saturated heterocycles. The number of nitrogens with two attached hydrogens (primary N) is 1. The van der Waals surface area contributed by atoms with Gasteiger partial charge in [0.2, 0.25) is 5.91 Å². The van der Waals surface area contributed by atoms with Gasteiger partial charge in [-0.05, 0) is 0 Å².